The first-order valence-corrected chi connectivity index (χ1v) is 18.2. The average molecular weight is 603 g/mol. The zero-order valence-corrected chi connectivity index (χ0v) is 28.4. The minimum atomic E-state index is -0.502. The Kier molecular flexibility index (Phi) is 7.06. The highest BCUT2D eigenvalue weighted by Gasteiger charge is 2.63. The molecular weight excluding hydrogens is 544 g/mol. The van der Waals surface area contributed by atoms with E-state index in [9.17, 15) is 19.8 Å². The second-order valence-corrected chi connectivity index (χ2v) is 18.1. The molecule has 6 fully saturated rings. The fourth-order valence-electron chi connectivity index (χ4n) is 13.2. The molecule has 0 saturated heterocycles. The van der Waals surface area contributed by atoms with Gasteiger partial charge in [-0.15, -0.1) is 0 Å². The molecule has 0 amide bonds. The van der Waals surface area contributed by atoms with Gasteiger partial charge in [-0.05, 0) is 167 Å². The first-order chi connectivity index (χ1) is 20.6. The van der Waals surface area contributed by atoms with E-state index in [0.717, 1.165) is 63.2 Å². The Morgan fingerprint density at radius 2 is 1.11 bits per heavy atom. The summed E-state index contributed by atoms with van der Waals surface area (Å²) in [5, 5.41) is 21.8. The van der Waals surface area contributed by atoms with Crippen molar-refractivity contribution >= 4 is 11.6 Å². The summed E-state index contributed by atoms with van der Waals surface area (Å²) in [5.74, 6) is 4.65. The molecule has 6 saturated carbocycles. The largest absolute Gasteiger partial charge is 0.390 e. The van der Waals surface area contributed by atoms with Crippen LogP contribution in [0, 0.1) is 57.2 Å². The van der Waals surface area contributed by atoms with E-state index in [2.05, 4.69) is 47.6 Å². The minimum Gasteiger partial charge on any atom is -0.390 e. The van der Waals surface area contributed by atoms with Gasteiger partial charge in [0.2, 0.25) is 0 Å². The van der Waals surface area contributed by atoms with E-state index in [1.54, 1.807) is 6.08 Å². The molecule has 0 aromatic carbocycles. The number of rotatable bonds is 0. The maximum absolute atomic E-state index is 11.8. The van der Waals surface area contributed by atoms with Crippen LogP contribution >= 0.6 is 0 Å². The van der Waals surface area contributed by atoms with Gasteiger partial charge in [0.25, 0.3) is 0 Å². The molecular formula is C40H58O4. The minimum absolute atomic E-state index is 0.0760. The van der Waals surface area contributed by atoms with Gasteiger partial charge in [0, 0.05) is 11.8 Å². The topological polar surface area (TPSA) is 74.6 Å². The molecule has 4 nitrogen and oxygen atoms in total. The van der Waals surface area contributed by atoms with Crippen LogP contribution in [0.2, 0.25) is 0 Å². The SMILES string of the molecule is C[C@]12C=CC(=O)C=C1CC[C@@H]1[C@@H]2CC[C@@]2(C)[C@H]1CC[C@]2(C)O.C[C@]12CCC(=O)C=C1CC[C@@H]1[C@@H]2CC[C@@]2(C)[C@H]1CC[C@]2(C)O. The van der Waals surface area contributed by atoms with Crippen molar-refractivity contribution in [1.29, 1.82) is 0 Å². The van der Waals surface area contributed by atoms with Gasteiger partial charge in [-0.2, -0.15) is 0 Å². The molecule has 0 spiro atoms. The Balaban J connectivity index is 0.000000142. The first-order valence-electron chi connectivity index (χ1n) is 18.2. The Labute approximate surface area is 266 Å². The molecule has 0 heterocycles. The summed E-state index contributed by atoms with van der Waals surface area (Å²) in [6.45, 7) is 13.6. The number of carbonyl (C=O) groups is 2. The highest BCUT2D eigenvalue weighted by Crippen LogP contribution is 2.68. The van der Waals surface area contributed by atoms with Crippen molar-refractivity contribution in [1.82, 2.24) is 0 Å². The van der Waals surface area contributed by atoms with Gasteiger partial charge in [0.05, 0.1) is 11.2 Å². The third kappa shape index (κ3) is 4.21. The van der Waals surface area contributed by atoms with Gasteiger partial charge < -0.3 is 10.2 Å². The lowest BCUT2D eigenvalue weighted by Gasteiger charge is -2.58. The van der Waals surface area contributed by atoms with Gasteiger partial charge >= 0.3 is 0 Å². The number of ketones is 2. The van der Waals surface area contributed by atoms with Crippen molar-refractivity contribution in [2.45, 2.75) is 143 Å². The summed E-state index contributed by atoms with van der Waals surface area (Å²) in [6, 6.07) is 0. The van der Waals surface area contributed by atoms with Crippen molar-refractivity contribution in [3.8, 4) is 0 Å². The summed E-state index contributed by atoms with van der Waals surface area (Å²) >= 11 is 0. The van der Waals surface area contributed by atoms with Crippen LogP contribution in [0.25, 0.3) is 0 Å². The van der Waals surface area contributed by atoms with E-state index in [4.69, 9.17) is 0 Å². The third-order valence-electron chi connectivity index (χ3n) is 16.6. The van der Waals surface area contributed by atoms with Crippen molar-refractivity contribution < 1.29 is 19.8 Å². The maximum atomic E-state index is 11.8. The van der Waals surface area contributed by atoms with E-state index >= 15 is 0 Å². The lowest BCUT2D eigenvalue weighted by molar-refractivity contribution is -0.124. The summed E-state index contributed by atoms with van der Waals surface area (Å²) in [6.07, 6.45) is 23.2. The number of hydrogen-bond acceptors (Lipinski definition) is 4. The molecule has 0 bridgehead atoms. The van der Waals surface area contributed by atoms with Gasteiger partial charge in [-0.1, -0.05) is 44.9 Å². The summed E-state index contributed by atoms with van der Waals surface area (Å²) in [5.41, 5.74) is 2.34. The quantitative estimate of drug-likeness (QED) is 0.292. The molecule has 242 valence electrons. The van der Waals surface area contributed by atoms with Crippen LogP contribution in [0.1, 0.15) is 131 Å². The molecule has 8 aliphatic carbocycles. The van der Waals surface area contributed by atoms with E-state index in [1.165, 1.54) is 49.7 Å². The summed E-state index contributed by atoms with van der Waals surface area (Å²) in [7, 11) is 0. The van der Waals surface area contributed by atoms with Crippen LogP contribution < -0.4 is 0 Å². The van der Waals surface area contributed by atoms with Crippen LogP contribution in [0.15, 0.2) is 35.5 Å². The van der Waals surface area contributed by atoms with Crippen molar-refractivity contribution in [3.05, 3.63) is 35.5 Å². The number of hydrogen-bond donors (Lipinski definition) is 2. The molecule has 2 N–H and O–H groups in total. The highest BCUT2D eigenvalue weighted by atomic mass is 16.3. The number of fused-ring (bicyclic) bond motifs is 10. The highest BCUT2D eigenvalue weighted by molar-refractivity contribution is 6.01. The Bertz CT molecular complexity index is 1320. The fourth-order valence-corrected chi connectivity index (χ4v) is 13.2. The predicted octanol–water partition coefficient (Wildman–Crippen LogP) is 8.31. The lowest BCUT2D eigenvalue weighted by Crippen LogP contribution is -2.53. The monoisotopic (exact) mass is 602 g/mol. The molecule has 0 aliphatic heterocycles. The fraction of sp³-hybridized carbons (Fsp3) is 0.800. The smallest absolute Gasteiger partial charge is 0.178 e. The molecule has 4 heteroatoms. The standard InChI is InChI=1S/C20H30O2.C20H28O2/c2*1-18-9-6-14(21)12-13(18)4-5-15-16(18)7-10-19(2)17(15)8-11-20(19,3)22/h12,15-17,22H,4-11H2,1-3H3;6,9,12,15-17,22H,4-5,7-8,10-11H2,1-3H3/t2*15-,16+,17+,18+,19+,20+/m11/s1. The zero-order chi connectivity index (χ0) is 31.5. The van der Waals surface area contributed by atoms with Crippen LogP contribution in [0.4, 0.5) is 0 Å². The van der Waals surface area contributed by atoms with Crippen molar-refractivity contribution in [2.24, 2.45) is 57.2 Å². The predicted molar refractivity (Wildman–Crippen MR) is 175 cm³/mol. The lowest BCUT2D eigenvalue weighted by atomic mass is 9.46. The molecule has 0 aromatic rings. The molecule has 0 unspecified atom stereocenters. The summed E-state index contributed by atoms with van der Waals surface area (Å²) < 4.78 is 0. The molecule has 0 radical (unpaired) electrons. The molecule has 44 heavy (non-hydrogen) atoms. The molecule has 0 aromatic heterocycles. The van der Waals surface area contributed by atoms with Crippen LogP contribution in [0.5, 0.6) is 0 Å². The molecule has 8 rings (SSSR count). The van der Waals surface area contributed by atoms with E-state index in [1.807, 2.05) is 12.2 Å². The summed E-state index contributed by atoms with van der Waals surface area (Å²) in [4.78, 5) is 23.6. The number of aliphatic hydroxyl groups is 2. The van der Waals surface area contributed by atoms with Crippen LogP contribution in [-0.4, -0.2) is 33.0 Å². The molecule has 8 aliphatic rings. The van der Waals surface area contributed by atoms with Crippen LogP contribution in [0.3, 0.4) is 0 Å². The Morgan fingerprint density at radius 1 is 0.591 bits per heavy atom. The van der Waals surface area contributed by atoms with Crippen molar-refractivity contribution in [3.63, 3.8) is 0 Å². The number of carbonyl (C=O) groups excluding carboxylic acids is 2. The Morgan fingerprint density at radius 3 is 1.73 bits per heavy atom. The van der Waals surface area contributed by atoms with E-state index in [0.29, 0.717) is 29.5 Å². The Hall–Kier alpha value is -1.52. The van der Waals surface area contributed by atoms with Gasteiger partial charge in [-0.25, -0.2) is 0 Å². The number of allylic oxidation sites excluding steroid dienone is 5. The van der Waals surface area contributed by atoms with Gasteiger partial charge in [0.1, 0.15) is 0 Å². The maximum Gasteiger partial charge on any atom is 0.178 e. The molecule has 12 atom stereocenters. The second-order valence-electron chi connectivity index (χ2n) is 18.1. The van der Waals surface area contributed by atoms with Crippen LogP contribution in [-0.2, 0) is 9.59 Å². The van der Waals surface area contributed by atoms with E-state index < -0.39 is 11.2 Å². The van der Waals surface area contributed by atoms with Crippen molar-refractivity contribution in [2.75, 3.05) is 0 Å². The second kappa shape index (κ2) is 9.99. The van der Waals surface area contributed by atoms with Gasteiger partial charge in [0.15, 0.2) is 11.6 Å². The van der Waals surface area contributed by atoms with E-state index in [-0.39, 0.29) is 27.4 Å². The van der Waals surface area contributed by atoms with Gasteiger partial charge in [-0.3, -0.25) is 9.59 Å². The zero-order valence-electron chi connectivity index (χ0n) is 28.4. The third-order valence-corrected chi connectivity index (χ3v) is 16.6. The average Bonchev–Trinajstić information content (AvgIpc) is 3.36. The normalized spacial score (nSPS) is 53.9. The first kappa shape index (κ1) is 31.1.